The number of halogens is 1. The number of carbonyl (C=O) groups is 1. The van der Waals surface area contributed by atoms with Crippen molar-refractivity contribution >= 4 is 11.9 Å². The van der Waals surface area contributed by atoms with E-state index in [0.29, 0.717) is 17.2 Å². The monoisotopic (exact) mass is 316 g/mol. The highest BCUT2D eigenvalue weighted by Crippen LogP contribution is 2.24. The highest BCUT2D eigenvalue weighted by Gasteiger charge is 2.20. The molecule has 1 aromatic carbocycles. The van der Waals surface area contributed by atoms with Gasteiger partial charge < -0.3 is 14.9 Å². The third kappa shape index (κ3) is 3.29. The zero-order chi connectivity index (χ0) is 16.4. The first-order chi connectivity index (χ1) is 11.0. The first kappa shape index (κ1) is 15.4. The molecule has 120 valence electrons. The molecular formula is C16H17FN4O2. The minimum atomic E-state index is -1.10. The van der Waals surface area contributed by atoms with Gasteiger partial charge in [-0.05, 0) is 31.3 Å². The highest BCUT2D eigenvalue weighted by atomic mass is 19.1. The van der Waals surface area contributed by atoms with Crippen LogP contribution in [-0.2, 0) is 0 Å². The van der Waals surface area contributed by atoms with Crippen molar-refractivity contribution in [1.82, 2.24) is 14.9 Å². The summed E-state index contributed by atoms with van der Waals surface area (Å²) in [6, 6.07) is 5.63. The Hall–Kier alpha value is -2.54. The van der Waals surface area contributed by atoms with Gasteiger partial charge in [0.2, 0.25) is 5.95 Å². The number of benzene rings is 1. The quantitative estimate of drug-likeness (QED) is 0.930. The fourth-order valence-electron chi connectivity index (χ4n) is 2.52. The van der Waals surface area contributed by atoms with Crippen molar-refractivity contribution in [3.8, 4) is 11.3 Å². The zero-order valence-corrected chi connectivity index (χ0v) is 12.7. The summed E-state index contributed by atoms with van der Waals surface area (Å²) in [5.41, 5.74) is 0.873. The van der Waals surface area contributed by atoms with Gasteiger partial charge in [0.15, 0.2) is 0 Å². The number of rotatable bonds is 3. The maximum atomic E-state index is 13.1. The molecule has 0 atom stereocenters. The molecule has 3 rings (SSSR count). The number of aromatic carboxylic acids is 1. The molecule has 1 aliphatic rings. The van der Waals surface area contributed by atoms with E-state index < -0.39 is 5.97 Å². The molecule has 0 spiro atoms. The number of carboxylic acid groups (broad SMARTS) is 1. The maximum Gasteiger partial charge on any atom is 0.339 e. The number of hydrogen-bond donors (Lipinski definition) is 1. The smallest absolute Gasteiger partial charge is 0.339 e. The Kier molecular flexibility index (Phi) is 4.20. The SMILES string of the molecule is CN1CCN(c2ncc(C(=O)O)c(-c3ccc(F)cc3)n2)CC1. The molecule has 1 aromatic heterocycles. The van der Waals surface area contributed by atoms with Crippen molar-refractivity contribution in [1.29, 1.82) is 0 Å². The summed E-state index contributed by atoms with van der Waals surface area (Å²) in [5.74, 6) is -0.976. The van der Waals surface area contributed by atoms with Crippen molar-refractivity contribution in [2.45, 2.75) is 0 Å². The van der Waals surface area contributed by atoms with E-state index in [1.165, 1.54) is 30.5 Å². The van der Waals surface area contributed by atoms with Gasteiger partial charge in [-0.25, -0.2) is 19.2 Å². The predicted octanol–water partition coefficient (Wildman–Crippen LogP) is 1.73. The molecule has 1 N–H and O–H groups in total. The molecule has 2 aromatic rings. The van der Waals surface area contributed by atoms with Gasteiger partial charge in [0.25, 0.3) is 0 Å². The lowest BCUT2D eigenvalue weighted by Gasteiger charge is -2.32. The second-order valence-corrected chi connectivity index (χ2v) is 5.53. The third-order valence-corrected chi connectivity index (χ3v) is 3.91. The highest BCUT2D eigenvalue weighted by molar-refractivity contribution is 5.94. The average molecular weight is 316 g/mol. The van der Waals surface area contributed by atoms with Crippen molar-refractivity contribution < 1.29 is 14.3 Å². The second-order valence-electron chi connectivity index (χ2n) is 5.53. The van der Waals surface area contributed by atoms with Crippen LogP contribution in [0, 0.1) is 5.82 Å². The molecule has 6 nitrogen and oxygen atoms in total. The first-order valence-electron chi connectivity index (χ1n) is 7.34. The van der Waals surface area contributed by atoms with Crippen LogP contribution in [0.15, 0.2) is 30.5 Å². The number of aromatic nitrogens is 2. The Bertz CT molecular complexity index is 713. The molecule has 0 bridgehead atoms. The minimum Gasteiger partial charge on any atom is -0.478 e. The molecule has 0 aliphatic carbocycles. The summed E-state index contributed by atoms with van der Waals surface area (Å²) in [6.07, 6.45) is 1.32. The summed E-state index contributed by atoms with van der Waals surface area (Å²) in [6.45, 7) is 3.36. The summed E-state index contributed by atoms with van der Waals surface area (Å²) >= 11 is 0. The lowest BCUT2D eigenvalue weighted by atomic mass is 10.1. The molecule has 0 radical (unpaired) electrons. The predicted molar refractivity (Wildman–Crippen MR) is 84.1 cm³/mol. The molecule has 0 saturated carbocycles. The summed E-state index contributed by atoms with van der Waals surface area (Å²) < 4.78 is 13.1. The third-order valence-electron chi connectivity index (χ3n) is 3.91. The van der Waals surface area contributed by atoms with Gasteiger partial charge in [-0.3, -0.25) is 0 Å². The summed E-state index contributed by atoms with van der Waals surface area (Å²) in [5, 5.41) is 9.34. The molecule has 0 unspecified atom stereocenters. The van der Waals surface area contributed by atoms with Crippen molar-refractivity contribution in [2.24, 2.45) is 0 Å². The lowest BCUT2D eigenvalue weighted by Crippen LogP contribution is -2.45. The van der Waals surface area contributed by atoms with E-state index in [9.17, 15) is 14.3 Å². The van der Waals surface area contributed by atoms with Crippen LogP contribution in [0.4, 0.5) is 10.3 Å². The Morgan fingerprint density at radius 2 is 1.83 bits per heavy atom. The standard InChI is InChI=1S/C16H17FN4O2/c1-20-6-8-21(9-7-20)16-18-10-13(15(22)23)14(19-16)11-2-4-12(17)5-3-11/h2-5,10H,6-9H2,1H3,(H,22,23). The van der Waals surface area contributed by atoms with Crippen LogP contribution in [0.25, 0.3) is 11.3 Å². The molecule has 2 heterocycles. The van der Waals surface area contributed by atoms with Gasteiger partial charge in [0.1, 0.15) is 11.4 Å². The number of hydrogen-bond acceptors (Lipinski definition) is 5. The molecule has 1 fully saturated rings. The fourth-order valence-corrected chi connectivity index (χ4v) is 2.52. The molecule has 23 heavy (non-hydrogen) atoms. The molecule has 0 amide bonds. The van der Waals surface area contributed by atoms with Gasteiger partial charge in [-0.1, -0.05) is 0 Å². The molecule has 7 heteroatoms. The zero-order valence-electron chi connectivity index (χ0n) is 12.7. The van der Waals surface area contributed by atoms with E-state index in [-0.39, 0.29) is 11.4 Å². The Morgan fingerprint density at radius 1 is 1.17 bits per heavy atom. The van der Waals surface area contributed by atoms with E-state index >= 15 is 0 Å². The van der Waals surface area contributed by atoms with Crippen LogP contribution in [0.5, 0.6) is 0 Å². The number of nitrogens with zero attached hydrogens (tertiary/aromatic N) is 4. The number of anilines is 1. The first-order valence-corrected chi connectivity index (χ1v) is 7.34. The average Bonchev–Trinajstić information content (AvgIpc) is 2.55. The second kappa shape index (κ2) is 6.29. The molecular weight excluding hydrogens is 299 g/mol. The maximum absolute atomic E-state index is 13.1. The fraction of sp³-hybridized carbons (Fsp3) is 0.312. The van der Waals surface area contributed by atoms with Gasteiger partial charge >= 0.3 is 5.97 Å². The Labute approximate surface area is 133 Å². The van der Waals surface area contributed by atoms with Gasteiger partial charge in [-0.2, -0.15) is 0 Å². The van der Waals surface area contributed by atoms with E-state index in [2.05, 4.69) is 21.9 Å². The van der Waals surface area contributed by atoms with Crippen LogP contribution in [-0.4, -0.2) is 59.2 Å². The number of likely N-dealkylation sites (N-methyl/N-ethyl adjacent to an activating group) is 1. The van der Waals surface area contributed by atoms with Crippen LogP contribution in [0.2, 0.25) is 0 Å². The molecule has 1 saturated heterocycles. The summed E-state index contributed by atoms with van der Waals surface area (Å²) in [7, 11) is 2.05. The van der Waals surface area contributed by atoms with Crippen molar-refractivity contribution in [3.63, 3.8) is 0 Å². The summed E-state index contributed by atoms with van der Waals surface area (Å²) in [4.78, 5) is 24.3. The van der Waals surface area contributed by atoms with Gasteiger partial charge in [-0.15, -0.1) is 0 Å². The Balaban J connectivity index is 1.99. The van der Waals surface area contributed by atoms with E-state index in [4.69, 9.17) is 0 Å². The van der Waals surface area contributed by atoms with Crippen LogP contribution in [0.3, 0.4) is 0 Å². The van der Waals surface area contributed by atoms with Crippen LogP contribution in [0.1, 0.15) is 10.4 Å². The number of carboxylic acids is 1. The largest absolute Gasteiger partial charge is 0.478 e. The number of piperazine rings is 1. The van der Waals surface area contributed by atoms with Crippen LogP contribution < -0.4 is 4.90 Å². The van der Waals surface area contributed by atoms with Crippen molar-refractivity contribution in [2.75, 3.05) is 38.1 Å². The topological polar surface area (TPSA) is 69.6 Å². The Morgan fingerprint density at radius 3 is 2.43 bits per heavy atom. The lowest BCUT2D eigenvalue weighted by molar-refractivity contribution is 0.0697. The van der Waals surface area contributed by atoms with E-state index in [0.717, 1.165) is 26.2 Å². The van der Waals surface area contributed by atoms with Gasteiger partial charge in [0, 0.05) is 37.9 Å². The van der Waals surface area contributed by atoms with Gasteiger partial charge in [0.05, 0.1) is 5.69 Å². The van der Waals surface area contributed by atoms with Crippen molar-refractivity contribution in [3.05, 3.63) is 41.8 Å². The van der Waals surface area contributed by atoms with E-state index in [1.54, 1.807) is 0 Å². The van der Waals surface area contributed by atoms with Crippen LogP contribution >= 0.6 is 0 Å². The minimum absolute atomic E-state index is 0.00878. The van der Waals surface area contributed by atoms with E-state index in [1.807, 2.05) is 4.90 Å². The molecule has 1 aliphatic heterocycles. The normalized spacial score (nSPS) is 15.7.